The minimum absolute atomic E-state index is 0.0539. The van der Waals surface area contributed by atoms with Crippen LogP contribution in [-0.2, 0) is 6.42 Å². The van der Waals surface area contributed by atoms with Crippen molar-refractivity contribution >= 4 is 15.9 Å². The van der Waals surface area contributed by atoms with Crippen LogP contribution in [0.4, 0.5) is 4.39 Å². The standard InChI is InChI=1S/C11H15BrFN/c1-11(2,7-14)6-8-4-3-5-9(12)10(8)13/h3-5H,6-7,14H2,1-2H3. The highest BCUT2D eigenvalue weighted by molar-refractivity contribution is 9.10. The fourth-order valence-corrected chi connectivity index (χ4v) is 1.68. The lowest BCUT2D eigenvalue weighted by Gasteiger charge is -2.22. The molecule has 0 bridgehead atoms. The van der Waals surface area contributed by atoms with Crippen LogP contribution in [0, 0.1) is 11.2 Å². The van der Waals surface area contributed by atoms with E-state index in [1.165, 1.54) is 0 Å². The third-order valence-electron chi connectivity index (χ3n) is 2.25. The Morgan fingerprint density at radius 2 is 2.07 bits per heavy atom. The number of hydrogen-bond donors (Lipinski definition) is 1. The molecule has 0 aliphatic carbocycles. The first-order valence-corrected chi connectivity index (χ1v) is 5.38. The van der Waals surface area contributed by atoms with Crippen LogP contribution in [0.25, 0.3) is 0 Å². The van der Waals surface area contributed by atoms with Crippen LogP contribution in [0.1, 0.15) is 19.4 Å². The van der Waals surface area contributed by atoms with Crippen molar-refractivity contribution in [3.8, 4) is 0 Å². The molecule has 0 aliphatic heterocycles. The molecule has 0 saturated carbocycles. The maximum atomic E-state index is 13.6. The molecule has 1 aromatic rings. The zero-order valence-electron chi connectivity index (χ0n) is 8.48. The van der Waals surface area contributed by atoms with Crippen LogP contribution in [0.5, 0.6) is 0 Å². The molecule has 1 aromatic carbocycles. The van der Waals surface area contributed by atoms with Gasteiger partial charge in [-0.1, -0.05) is 26.0 Å². The molecule has 0 saturated heterocycles. The van der Waals surface area contributed by atoms with Crippen LogP contribution in [-0.4, -0.2) is 6.54 Å². The summed E-state index contributed by atoms with van der Waals surface area (Å²) in [5.41, 5.74) is 6.27. The van der Waals surface area contributed by atoms with E-state index < -0.39 is 0 Å². The average Bonchev–Trinajstić information content (AvgIpc) is 2.13. The largest absolute Gasteiger partial charge is 0.330 e. The molecule has 0 spiro atoms. The summed E-state index contributed by atoms with van der Waals surface area (Å²) in [6.45, 7) is 4.62. The molecule has 0 aromatic heterocycles. The second-order valence-corrected chi connectivity index (χ2v) is 5.11. The van der Waals surface area contributed by atoms with Crippen molar-refractivity contribution in [3.63, 3.8) is 0 Å². The van der Waals surface area contributed by atoms with Crippen molar-refractivity contribution in [1.29, 1.82) is 0 Å². The van der Waals surface area contributed by atoms with Gasteiger partial charge in [-0.2, -0.15) is 0 Å². The first kappa shape index (κ1) is 11.7. The van der Waals surface area contributed by atoms with Gasteiger partial charge in [0, 0.05) is 0 Å². The van der Waals surface area contributed by atoms with Crippen LogP contribution in [0.3, 0.4) is 0 Å². The molecule has 0 radical (unpaired) electrons. The van der Waals surface area contributed by atoms with Crippen LogP contribution in [0.15, 0.2) is 22.7 Å². The lowest BCUT2D eigenvalue weighted by molar-refractivity contribution is 0.369. The molecule has 78 valence electrons. The smallest absolute Gasteiger partial charge is 0.140 e. The molecule has 1 rings (SSSR count). The van der Waals surface area contributed by atoms with E-state index >= 15 is 0 Å². The molecular weight excluding hydrogens is 245 g/mol. The molecule has 0 amide bonds. The summed E-state index contributed by atoms with van der Waals surface area (Å²) in [7, 11) is 0. The zero-order chi connectivity index (χ0) is 10.8. The van der Waals surface area contributed by atoms with Crippen LogP contribution >= 0.6 is 15.9 Å². The summed E-state index contributed by atoms with van der Waals surface area (Å²) in [6, 6.07) is 5.35. The predicted octanol–water partition coefficient (Wildman–Crippen LogP) is 3.12. The van der Waals surface area contributed by atoms with E-state index in [4.69, 9.17) is 5.73 Å². The van der Waals surface area contributed by atoms with Gasteiger partial charge in [-0.3, -0.25) is 0 Å². The van der Waals surface area contributed by atoms with E-state index in [0.29, 0.717) is 17.4 Å². The van der Waals surface area contributed by atoms with Crippen LogP contribution < -0.4 is 5.73 Å². The van der Waals surface area contributed by atoms with Gasteiger partial charge in [0.2, 0.25) is 0 Å². The first-order chi connectivity index (χ1) is 6.46. The Hall–Kier alpha value is -0.410. The Bertz CT molecular complexity index is 323. The van der Waals surface area contributed by atoms with Crippen molar-refractivity contribution in [3.05, 3.63) is 34.1 Å². The van der Waals surface area contributed by atoms with E-state index in [0.717, 1.165) is 5.56 Å². The summed E-state index contributed by atoms with van der Waals surface area (Å²) >= 11 is 3.17. The highest BCUT2D eigenvalue weighted by atomic mass is 79.9. The van der Waals surface area contributed by atoms with Gasteiger partial charge in [0.1, 0.15) is 5.82 Å². The number of benzene rings is 1. The topological polar surface area (TPSA) is 26.0 Å². The van der Waals surface area contributed by atoms with Gasteiger partial charge < -0.3 is 5.73 Å². The number of halogens is 2. The normalized spacial score (nSPS) is 11.8. The van der Waals surface area contributed by atoms with Crippen molar-refractivity contribution in [2.45, 2.75) is 20.3 Å². The summed E-state index contributed by atoms with van der Waals surface area (Å²) in [6.07, 6.45) is 0.661. The Balaban J connectivity index is 2.92. The fraction of sp³-hybridized carbons (Fsp3) is 0.455. The second-order valence-electron chi connectivity index (χ2n) is 4.26. The van der Waals surface area contributed by atoms with Gasteiger partial charge in [-0.05, 0) is 45.9 Å². The second kappa shape index (κ2) is 4.41. The van der Waals surface area contributed by atoms with Gasteiger partial charge in [0.15, 0.2) is 0 Å². The SMILES string of the molecule is CC(C)(CN)Cc1cccc(Br)c1F. The van der Waals surface area contributed by atoms with E-state index in [1.807, 2.05) is 19.9 Å². The highest BCUT2D eigenvalue weighted by Crippen LogP contribution is 2.25. The van der Waals surface area contributed by atoms with Crippen LogP contribution in [0.2, 0.25) is 0 Å². The maximum absolute atomic E-state index is 13.6. The monoisotopic (exact) mass is 259 g/mol. The van der Waals surface area contributed by atoms with Crippen molar-refractivity contribution in [2.24, 2.45) is 11.1 Å². The Morgan fingerprint density at radius 3 is 2.64 bits per heavy atom. The molecular formula is C11H15BrFN. The van der Waals surface area contributed by atoms with E-state index in [9.17, 15) is 4.39 Å². The van der Waals surface area contributed by atoms with Crippen molar-refractivity contribution < 1.29 is 4.39 Å². The summed E-state index contributed by atoms with van der Waals surface area (Å²) in [5, 5.41) is 0. The number of hydrogen-bond acceptors (Lipinski definition) is 1. The first-order valence-electron chi connectivity index (χ1n) is 4.59. The summed E-state index contributed by atoms with van der Waals surface area (Å²) in [5.74, 6) is -0.172. The Labute approximate surface area is 92.6 Å². The van der Waals surface area contributed by atoms with Crippen molar-refractivity contribution in [2.75, 3.05) is 6.54 Å². The Kier molecular flexibility index (Phi) is 3.67. The van der Waals surface area contributed by atoms with Gasteiger partial charge in [0.25, 0.3) is 0 Å². The number of rotatable bonds is 3. The molecule has 3 heteroatoms. The maximum Gasteiger partial charge on any atom is 0.140 e. The third-order valence-corrected chi connectivity index (χ3v) is 2.87. The highest BCUT2D eigenvalue weighted by Gasteiger charge is 2.18. The number of nitrogens with two attached hydrogens (primary N) is 1. The van der Waals surface area contributed by atoms with E-state index in [1.54, 1.807) is 12.1 Å². The minimum atomic E-state index is -0.172. The molecule has 1 nitrogen and oxygen atoms in total. The Morgan fingerprint density at radius 1 is 1.43 bits per heavy atom. The predicted molar refractivity (Wildman–Crippen MR) is 60.6 cm³/mol. The van der Waals surface area contributed by atoms with E-state index in [-0.39, 0.29) is 11.2 Å². The fourth-order valence-electron chi connectivity index (χ4n) is 1.27. The third kappa shape index (κ3) is 2.79. The molecule has 0 fully saturated rings. The summed E-state index contributed by atoms with van der Waals surface area (Å²) < 4.78 is 14.1. The minimum Gasteiger partial charge on any atom is -0.330 e. The molecule has 2 N–H and O–H groups in total. The lowest BCUT2D eigenvalue weighted by atomic mass is 9.86. The quantitative estimate of drug-likeness (QED) is 0.887. The van der Waals surface area contributed by atoms with Gasteiger partial charge in [-0.25, -0.2) is 4.39 Å². The molecule has 0 atom stereocenters. The van der Waals surface area contributed by atoms with Gasteiger partial charge >= 0.3 is 0 Å². The van der Waals surface area contributed by atoms with Gasteiger partial charge in [0.05, 0.1) is 4.47 Å². The molecule has 0 unspecified atom stereocenters. The average molecular weight is 260 g/mol. The summed E-state index contributed by atoms with van der Waals surface area (Å²) in [4.78, 5) is 0. The zero-order valence-corrected chi connectivity index (χ0v) is 10.1. The van der Waals surface area contributed by atoms with Crippen molar-refractivity contribution in [1.82, 2.24) is 0 Å². The molecule has 0 aliphatic rings. The molecule has 0 heterocycles. The molecule has 14 heavy (non-hydrogen) atoms. The van der Waals surface area contributed by atoms with E-state index in [2.05, 4.69) is 15.9 Å². The lowest BCUT2D eigenvalue weighted by Crippen LogP contribution is -2.26. The van der Waals surface area contributed by atoms with Gasteiger partial charge in [-0.15, -0.1) is 0 Å².